The minimum atomic E-state index is 0.964. The van der Waals surface area contributed by atoms with Crippen molar-refractivity contribution >= 4 is 5.57 Å². The van der Waals surface area contributed by atoms with Gasteiger partial charge in [0.15, 0.2) is 0 Å². The van der Waals surface area contributed by atoms with Crippen LogP contribution >= 0.6 is 0 Å². The predicted molar refractivity (Wildman–Crippen MR) is 58.7 cm³/mol. The van der Waals surface area contributed by atoms with Crippen LogP contribution in [0.5, 0.6) is 0 Å². The van der Waals surface area contributed by atoms with Gasteiger partial charge in [0.05, 0.1) is 0 Å². The Labute approximate surface area is 84.5 Å². The lowest BCUT2D eigenvalue weighted by atomic mass is 10.0. The van der Waals surface area contributed by atoms with Crippen molar-refractivity contribution in [3.05, 3.63) is 78.4 Å². The van der Waals surface area contributed by atoms with E-state index in [9.17, 15) is 0 Å². The van der Waals surface area contributed by atoms with E-state index >= 15 is 0 Å². The Bertz CT molecular complexity index is 371. The van der Waals surface area contributed by atoms with Gasteiger partial charge in [-0.1, -0.05) is 55.1 Å². The first-order chi connectivity index (χ1) is 6.88. The number of benzene rings is 2. The molecule has 0 bridgehead atoms. The minimum absolute atomic E-state index is 0.964. The highest BCUT2D eigenvalue weighted by Crippen LogP contribution is 2.19. The van der Waals surface area contributed by atoms with Crippen LogP contribution in [0.1, 0.15) is 11.1 Å². The molecule has 14 heavy (non-hydrogen) atoms. The van der Waals surface area contributed by atoms with Gasteiger partial charge in [-0.2, -0.15) is 0 Å². The zero-order chi connectivity index (χ0) is 9.80. The first-order valence-electron chi connectivity index (χ1n) is 4.51. The molecule has 2 aromatic carbocycles. The van der Waals surface area contributed by atoms with Gasteiger partial charge in [0.2, 0.25) is 0 Å². The van der Waals surface area contributed by atoms with Crippen LogP contribution in [0.4, 0.5) is 0 Å². The molecule has 2 rings (SSSR count). The summed E-state index contributed by atoms with van der Waals surface area (Å²) in [5, 5.41) is 0. The molecule has 66 valence electrons. The molecule has 0 unspecified atom stereocenters. The minimum Gasteiger partial charge on any atom is -0.0905 e. The standard InChI is InChI=1S/C14H10/c1-12(13-8-4-2-5-9-13)14-10-6-3-7-11-14/h2-8,10H,1H2. The molecule has 0 aliphatic carbocycles. The quantitative estimate of drug-likeness (QED) is 0.661. The van der Waals surface area contributed by atoms with Crippen molar-refractivity contribution in [2.24, 2.45) is 0 Å². The van der Waals surface area contributed by atoms with E-state index in [2.05, 4.69) is 18.7 Å². The van der Waals surface area contributed by atoms with Gasteiger partial charge in [-0.3, -0.25) is 0 Å². The third kappa shape index (κ3) is 1.74. The van der Waals surface area contributed by atoms with Crippen molar-refractivity contribution in [2.45, 2.75) is 0 Å². The summed E-state index contributed by atoms with van der Waals surface area (Å²) in [5.41, 5.74) is 3.01. The molecule has 0 heteroatoms. The van der Waals surface area contributed by atoms with Gasteiger partial charge in [0.1, 0.15) is 0 Å². The fourth-order valence-electron chi connectivity index (χ4n) is 1.31. The molecular formula is C14H10. The Balaban J connectivity index is 2.35. The Morgan fingerprint density at radius 1 is 0.857 bits per heavy atom. The fourth-order valence-corrected chi connectivity index (χ4v) is 1.31. The van der Waals surface area contributed by atoms with Gasteiger partial charge in [-0.05, 0) is 28.8 Å². The van der Waals surface area contributed by atoms with E-state index in [4.69, 9.17) is 0 Å². The Morgan fingerprint density at radius 2 is 1.36 bits per heavy atom. The molecule has 0 N–H and O–H groups in total. The molecule has 0 amide bonds. The lowest BCUT2D eigenvalue weighted by molar-refractivity contribution is 1.54. The zero-order valence-corrected chi connectivity index (χ0v) is 7.83. The van der Waals surface area contributed by atoms with E-state index in [1.54, 1.807) is 0 Å². The molecule has 0 aliphatic rings. The summed E-state index contributed by atoms with van der Waals surface area (Å²) < 4.78 is 0. The van der Waals surface area contributed by atoms with E-state index < -0.39 is 0 Å². The van der Waals surface area contributed by atoms with Crippen molar-refractivity contribution in [3.63, 3.8) is 0 Å². The van der Waals surface area contributed by atoms with Gasteiger partial charge in [-0.25, -0.2) is 0 Å². The average molecular weight is 178 g/mol. The highest BCUT2D eigenvalue weighted by atomic mass is 14.0. The van der Waals surface area contributed by atoms with Gasteiger partial charge in [0, 0.05) is 0 Å². The van der Waals surface area contributed by atoms with Crippen LogP contribution in [0.15, 0.2) is 55.1 Å². The van der Waals surface area contributed by atoms with Crippen molar-refractivity contribution in [3.8, 4) is 0 Å². The highest BCUT2D eigenvalue weighted by Gasteiger charge is 2.00. The van der Waals surface area contributed by atoms with Crippen molar-refractivity contribution < 1.29 is 0 Å². The topological polar surface area (TPSA) is 0 Å². The first-order valence-corrected chi connectivity index (χ1v) is 4.51. The van der Waals surface area contributed by atoms with Crippen LogP contribution in [0.2, 0.25) is 0 Å². The third-order valence-electron chi connectivity index (χ3n) is 2.07. The van der Waals surface area contributed by atoms with Gasteiger partial charge >= 0.3 is 0 Å². The van der Waals surface area contributed by atoms with Crippen molar-refractivity contribution in [1.29, 1.82) is 0 Å². The van der Waals surface area contributed by atoms with Gasteiger partial charge in [-0.15, -0.1) is 0 Å². The first kappa shape index (κ1) is 8.76. The van der Waals surface area contributed by atoms with Crippen LogP contribution in [-0.4, -0.2) is 0 Å². The molecule has 2 aromatic rings. The molecule has 0 aliphatic heterocycles. The second-order valence-electron chi connectivity index (χ2n) is 3.03. The second kappa shape index (κ2) is 3.93. The van der Waals surface area contributed by atoms with Crippen LogP contribution in [0, 0.1) is 12.1 Å². The summed E-state index contributed by atoms with van der Waals surface area (Å²) in [6.45, 7) is 4.03. The zero-order valence-electron chi connectivity index (χ0n) is 7.83. The molecular weight excluding hydrogens is 168 g/mol. The normalized spacial score (nSPS) is 9.71. The summed E-state index contributed by atoms with van der Waals surface area (Å²) in [6, 6.07) is 22.0. The maximum atomic E-state index is 4.03. The van der Waals surface area contributed by atoms with Crippen LogP contribution in [0.25, 0.3) is 5.57 Å². The molecule has 0 saturated carbocycles. The fraction of sp³-hybridized carbons (Fsp3) is 0. The Morgan fingerprint density at radius 3 is 1.71 bits per heavy atom. The van der Waals surface area contributed by atoms with Crippen LogP contribution < -0.4 is 0 Å². The summed E-state index contributed by atoms with van der Waals surface area (Å²) >= 11 is 0. The lowest BCUT2D eigenvalue weighted by Crippen LogP contribution is -1.85. The lowest BCUT2D eigenvalue weighted by Gasteiger charge is -2.04. The second-order valence-corrected chi connectivity index (χ2v) is 3.03. The van der Waals surface area contributed by atoms with E-state index in [-0.39, 0.29) is 0 Å². The number of hydrogen-bond acceptors (Lipinski definition) is 0. The number of hydrogen-bond donors (Lipinski definition) is 0. The van der Waals surface area contributed by atoms with Crippen LogP contribution in [-0.2, 0) is 0 Å². The smallest absolute Gasteiger partial charge is 0.00992 e. The van der Waals surface area contributed by atoms with E-state index in [1.807, 2.05) is 48.5 Å². The summed E-state index contributed by atoms with van der Waals surface area (Å²) in [7, 11) is 0. The van der Waals surface area contributed by atoms with Crippen LogP contribution in [0.3, 0.4) is 0 Å². The molecule has 0 spiro atoms. The molecule has 0 heterocycles. The highest BCUT2D eigenvalue weighted by molar-refractivity contribution is 5.77. The maximum Gasteiger partial charge on any atom is -0.00992 e. The van der Waals surface area contributed by atoms with Crippen molar-refractivity contribution in [2.75, 3.05) is 0 Å². The maximum absolute atomic E-state index is 4.03. The summed E-state index contributed by atoms with van der Waals surface area (Å²) in [4.78, 5) is 0. The number of rotatable bonds is 2. The average Bonchev–Trinajstić information content (AvgIpc) is 2.30. The molecule has 0 aromatic heterocycles. The van der Waals surface area contributed by atoms with E-state index in [0.717, 1.165) is 16.7 Å². The van der Waals surface area contributed by atoms with E-state index in [0.29, 0.717) is 0 Å². The van der Waals surface area contributed by atoms with Gasteiger partial charge < -0.3 is 0 Å². The predicted octanol–water partition coefficient (Wildman–Crippen LogP) is 3.35. The third-order valence-corrected chi connectivity index (χ3v) is 2.07. The van der Waals surface area contributed by atoms with E-state index in [1.165, 1.54) is 0 Å². The summed E-state index contributed by atoms with van der Waals surface area (Å²) in [6.07, 6.45) is 0. The molecule has 0 saturated heterocycles. The largest absolute Gasteiger partial charge is 0.0905 e. The molecule has 2 radical (unpaired) electrons. The molecule has 0 fully saturated rings. The SMILES string of the molecule is C=C(c1[c]cccc1)c1[c]cccc1. The van der Waals surface area contributed by atoms with Crippen molar-refractivity contribution in [1.82, 2.24) is 0 Å². The molecule has 0 nitrogen and oxygen atoms in total. The van der Waals surface area contributed by atoms with Gasteiger partial charge in [0.25, 0.3) is 0 Å². The summed E-state index contributed by atoms with van der Waals surface area (Å²) in [5.74, 6) is 0. The monoisotopic (exact) mass is 178 g/mol. The molecule has 0 atom stereocenters. The Hall–Kier alpha value is -1.82. The Kier molecular flexibility index (Phi) is 2.46.